The summed E-state index contributed by atoms with van der Waals surface area (Å²) in [5.41, 5.74) is 2.51. The summed E-state index contributed by atoms with van der Waals surface area (Å²) in [6, 6.07) is 6.78. The van der Waals surface area contributed by atoms with Crippen LogP contribution in [0.5, 0.6) is 0 Å². The van der Waals surface area contributed by atoms with E-state index in [1.807, 2.05) is 16.6 Å². The van der Waals surface area contributed by atoms with Crippen molar-refractivity contribution in [2.75, 3.05) is 37.6 Å². The molecule has 1 aromatic carbocycles. The normalized spacial score (nSPS) is 16.2. The van der Waals surface area contributed by atoms with Crippen molar-refractivity contribution in [3.8, 4) is 0 Å². The summed E-state index contributed by atoms with van der Waals surface area (Å²) >= 11 is 0. The van der Waals surface area contributed by atoms with Gasteiger partial charge in [0.05, 0.1) is 12.1 Å². The number of nitrogens with zero attached hydrogens (tertiary/aromatic N) is 2. The van der Waals surface area contributed by atoms with Gasteiger partial charge in [0.15, 0.2) is 0 Å². The first-order chi connectivity index (χ1) is 9.70. The average molecular weight is 282 g/mol. The fourth-order valence-electron chi connectivity index (χ4n) is 2.29. The zero-order chi connectivity index (χ0) is 14.4. The fraction of sp³-hybridized carbons (Fsp3) is 0.462. The largest absolute Gasteiger partial charge is 0.367 e. The Morgan fingerprint density at radius 3 is 2.65 bits per heavy atom. The highest BCUT2D eigenvalue weighted by Crippen LogP contribution is 2.20. The third kappa shape index (κ3) is 3.89. The van der Waals surface area contributed by atoms with Crippen LogP contribution in [0.25, 0.3) is 0 Å². The van der Waals surface area contributed by atoms with Crippen molar-refractivity contribution in [1.82, 2.24) is 10.5 Å². The molecule has 1 saturated heterocycles. The lowest BCUT2D eigenvalue weighted by Gasteiger charge is -2.36. The van der Waals surface area contributed by atoms with Crippen molar-refractivity contribution in [2.24, 2.45) is 5.84 Å². The van der Waals surface area contributed by atoms with Crippen LogP contribution in [0.3, 0.4) is 0 Å². The van der Waals surface area contributed by atoms with E-state index >= 15 is 0 Å². The number of piperazine rings is 1. The number of nitrogens with one attached hydrogen (secondary N) is 1. The maximum absolute atomic E-state index is 13.7. The average Bonchev–Trinajstić information content (AvgIpc) is 2.47. The molecule has 110 valence electrons. The van der Waals surface area contributed by atoms with Crippen LogP contribution in [0.1, 0.15) is 6.42 Å². The standard InChI is InChI=1S/C13H19FN4O2/c14-11-3-1-2-4-12(11)18-9-7-17(8-10-18)6-5-13(19)20-16-15/h1-4,16H,5-10,15H2. The number of halogens is 1. The molecule has 2 rings (SSSR count). The smallest absolute Gasteiger partial charge is 0.327 e. The van der Waals surface area contributed by atoms with Crippen LogP contribution in [0, 0.1) is 5.82 Å². The Kier molecular flexibility index (Phi) is 5.28. The van der Waals surface area contributed by atoms with Gasteiger partial charge in [-0.25, -0.2) is 10.2 Å². The first-order valence-electron chi connectivity index (χ1n) is 6.58. The number of hydrazine groups is 1. The molecule has 0 bridgehead atoms. The van der Waals surface area contributed by atoms with E-state index in [1.165, 1.54) is 6.07 Å². The molecular formula is C13H19FN4O2. The highest BCUT2D eigenvalue weighted by atomic mass is 19.1. The molecule has 1 fully saturated rings. The monoisotopic (exact) mass is 282 g/mol. The summed E-state index contributed by atoms with van der Waals surface area (Å²) in [5, 5.41) is 0. The van der Waals surface area contributed by atoms with E-state index in [2.05, 4.69) is 9.74 Å². The van der Waals surface area contributed by atoms with Gasteiger partial charge in [-0.2, -0.15) is 0 Å². The third-order valence-electron chi connectivity index (χ3n) is 3.37. The van der Waals surface area contributed by atoms with Crippen molar-refractivity contribution >= 4 is 11.7 Å². The van der Waals surface area contributed by atoms with Crippen LogP contribution in [-0.2, 0) is 9.63 Å². The number of hydrogen-bond acceptors (Lipinski definition) is 6. The molecule has 20 heavy (non-hydrogen) atoms. The Labute approximate surface area is 117 Å². The molecule has 3 N–H and O–H groups in total. The fourth-order valence-corrected chi connectivity index (χ4v) is 2.29. The molecule has 0 amide bonds. The lowest BCUT2D eigenvalue weighted by atomic mass is 10.2. The zero-order valence-corrected chi connectivity index (χ0v) is 11.2. The second kappa shape index (κ2) is 7.18. The van der Waals surface area contributed by atoms with Gasteiger partial charge in [0.2, 0.25) is 0 Å². The molecule has 0 radical (unpaired) electrons. The number of rotatable bonds is 5. The minimum atomic E-state index is -0.385. The minimum absolute atomic E-state index is 0.196. The van der Waals surface area contributed by atoms with Gasteiger partial charge < -0.3 is 9.74 Å². The molecular weight excluding hydrogens is 263 g/mol. The molecule has 0 spiro atoms. The molecule has 1 heterocycles. The summed E-state index contributed by atoms with van der Waals surface area (Å²) in [4.78, 5) is 19.8. The quantitative estimate of drug-likeness (QED) is 0.596. The van der Waals surface area contributed by atoms with E-state index < -0.39 is 0 Å². The van der Waals surface area contributed by atoms with Gasteiger partial charge >= 0.3 is 5.97 Å². The predicted octanol–water partition coefficient (Wildman–Crippen LogP) is 0.259. The van der Waals surface area contributed by atoms with Gasteiger partial charge in [0, 0.05) is 32.7 Å². The lowest BCUT2D eigenvalue weighted by molar-refractivity contribution is -0.151. The second-order valence-corrected chi connectivity index (χ2v) is 4.62. The number of para-hydroxylation sites is 1. The van der Waals surface area contributed by atoms with Crippen LogP contribution in [0.4, 0.5) is 10.1 Å². The summed E-state index contributed by atoms with van der Waals surface area (Å²) in [6.07, 6.45) is 0.282. The van der Waals surface area contributed by atoms with Crippen molar-refractivity contribution in [3.05, 3.63) is 30.1 Å². The molecule has 1 aliphatic rings. The maximum Gasteiger partial charge on any atom is 0.327 e. The van der Waals surface area contributed by atoms with Crippen molar-refractivity contribution in [1.29, 1.82) is 0 Å². The third-order valence-corrected chi connectivity index (χ3v) is 3.37. The highest BCUT2D eigenvalue weighted by molar-refractivity contribution is 5.69. The summed E-state index contributed by atoms with van der Waals surface area (Å²) in [6.45, 7) is 3.68. The topological polar surface area (TPSA) is 70.8 Å². The van der Waals surface area contributed by atoms with E-state index in [1.54, 1.807) is 12.1 Å². The molecule has 1 aromatic rings. The van der Waals surface area contributed by atoms with Crippen LogP contribution in [-0.4, -0.2) is 43.6 Å². The Hall–Kier alpha value is -1.70. The predicted molar refractivity (Wildman–Crippen MR) is 73.1 cm³/mol. The number of hydrogen-bond donors (Lipinski definition) is 2. The van der Waals surface area contributed by atoms with Crippen LogP contribution in [0.15, 0.2) is 24.3 Å². The van der Waals surface area contributed by atoms with Gasteiger partial charge in [-0.1, -0.05) is 17.7 Å². The van der Waals surface area contributed by atoms with E-state index in [4.69, 9.17) is 5.84 Å². The van der Waals surface area contributed by atoms with Crippen molar-refractivity contribution in [3.63, 3.8) is 0 Å². The van der Waals surface area contributed by atoms with Gasteiger partial charge in [0.25, 0.3) is 0 Å². The van der Waals surface area contributed by atoms with Crippen LogP contribution in [0.2, 0.25) is 0 Å². The first kappa shape index (κ1) is 14.7. The first-order valence-corrected chi connectivity index (χ1v) is 6.58. The molecule has 0 saturated carbocycles. The highest BCUT2D eigenvalue weighted by Gasteiger charge is 2.19. The van der Waals surface area contributed by atoms with Crippen molar-refractivity contribution in [2.45, 2.75) is 6.42 Å². The van der Waals surface area contributed by atoms with Crippen LogP contribution < -0.4 is 16.3 Å². The molecule has 7 heteroatoms. The molecule has 0 aliphatic carbocycles. The summed E-state index contributed by atoms with van der Waals surface area (Å²) in [5.74, 6) is 4.31. The number of carbonyl (C=O) groups is 1. The molecule has 0 atom stereocenters. The van der Waals surface area contributed by atoms with Gasteiger partial charge in [0.1, 0.15) is 5.82 Å². The molecule has 0 aromatic heterocycles. The number of carbonyl (C=O) groups excluding carboxylic acids is 1. The van der Waals surface area contributed by atoms with Crippen molar-refractivity contribution < 1.29 is 14.0 Å². The Morgan fingerprint density at radius 1 is 1.30 bits per heavy atom. The number of anilines is 1. The van der Waals surface area contributed by atoms with E-state index in [0.717, 1.165) is 26.2 Å². The van der Waals surface area contributed by atoms with Gasteiger partial charge in [-0.05, 0) is 12.1 Å². The van der Waals surface area contributed by atoms with Gasteiger partial charge in [-0.15, -0.1) is 0 Å². The van der Waals surface area contributed by atoms with E-state index in [0.29, 0.717) is 12.2 Å². The minimum Gasteiger partial charge on any atom is -0.367 e. The molecule has 1 aliphatic heterocycles. The van der Waals surface area contributed by atoms with E-state index in [9.17, 15) is 9.18 Å². The molecule has 6 nitrogen and oxygen atoms in total. The summed E-state index contributed by atoms with van der Waals surface area (Å²) in [7, 11) is 0. The Morgan fingerprint density at radius 2 is 2.00 bits per heavy atom. The van der Waals surface area contributed by atoms with E-state index in [-0.39, 0.29) is 18.2 Å². The van der Waals surface area contributed by atoms with Crippen LogP contribution >= 0.6 is 0 Å². The van der Waals surface area contributed by atoms with Gasteiger partial charge in [-0.3, -0.25) is 9.69 Å². The zero-order valence-electron chi connectivity index (χ0n) is 11.2. The molecule has 0 unspecified atom stereocenters. The number of nitrogens with two attached hydrogens (primary N) is 1. The number of benzene rings is 1. The lowest BCUT2D eigenvalue weighted by Crippen LogP contribution is -2.47. The second-order valence-electron chi connectivity index (χ2n) is 4.62. The maximum atomic E-state index is 13.7. The SMILES string of the molecule is NNOC(=O)CCN1CCN(c2ccccc2F)CC1. The summed E-state index contributed by atoms with van der Waals surface area (Å²) < 4.78 is 13.7. The Balaban J connectivity index is 1.78. The Bertz CT molecular complexity index is 450.